The molecule has 0 atom stereocenters. The highest BCUT2D eigenvalue weighted by atomic mass is 16.5. The van der Waals surface area contributed by atoms with Crippen molar-refractivity contribution < 1.29 is 14.3 Å². The van der Waals surface area contributed by atoms with Gasteiger partial charge in [0.1, 0.15) is 0 Å². The number of hydrazone groups is 1. The monoisotopic (exact) mass is 213 g/mol. The molecule has 3 N–H and O–H groups in total. The number of nitrogens with zero attached hydrogens (tertiary/aromatic N) is 1. The van der Waals surface area contributed by atoms with Crippen LogP contribution in [0.2, 0.25) is 0 Å². The number of ketones is 1. The third kappa shape index (κ3) is 6.25. The summed E-state index contributed by atoms with van der Waals surface area (Å²) in [5.74, 6) is -0.00417. The highest BCUT2D eigenvalue weighted by molar-refractivity contribution is 6.01. The van der Waals surface area contributed by atoms with Gasteiger partial charge in [0.25, 0.3) is 0 Å². The smallest absolute Gasteiger partial charge is 0.332 e. The predicted molar refractivity (Wildman–Crippen MR) is 56.2 cm³/mol. The summed E-state index contributed by atoms with van der Waals surface area (Å²) < 4.78 is 5.07. The number of hydrogen-bond acceptors (Lipinski definition) is 4. The minimum Gasteiger partial charge on any atom is -0.490 e. The molecule has 0 aromatic rings. The van der Waals surface area contributed by atoms with Crippen molar-refractivity contribution in [3.05, 3.63) is 11.8 Å². The number of nitrogens with one attached hydrogen (secondary N) is 1. The van der Waals surface area contributed by atoms with Gasteiger partial charge in [-0.25, -0.2) is 10.2 Å². The molecule has 0 unspecified atom stereocenters. The second-order valence-corrected chi connectivity index (χ2v) is 2.73. The lowest BCUT2D eigenvalue weighted by Crippen LogP contribution is -2.25. The van der Waals surface area contributed by atoms with Gasteiger partial charge in [-0.1, -0.05) is 0 Å². The van der Waals surface area contributed by atoms with Gasteiger partial charge in [0.15, 0.2) is 11.5 Å². The maximum Gasteiger partial charge on any atom is 0.332 e. The lowest BCUT2D eigenvalue weighted by Gasteiger charge is -2.04. The Kier molecular flexibility index (Phi) is 5.77. The van der Waals surface area contributed by atoms with Crippen LogP contribution < -0.4 is 11.2 Å². The number of urea groups is 1. The summed E-state index contributed by atoms with van der Waals surface area (Å²) in [6.07, 6.45) is 1.43. The van der Waals surface area contributed by atoms with Gasteiger partial charge in [0.2, 0.25) is 0 Å². The number of nitrogens with two attached hydrogens (primary N) is 1. The molecule has 0 saturated carbocycles. The maximum absolute atomic E-state index is 11.0. The molecule has 0 heterocycles. The number of allylic oxidation sites excluding steroid dienone is 2. The molecule has 0 aliphatic heterocycles. The number of carbonyl (C=O) groups is 2. The number of Topliss-reactive ketones (excluding diaryl/α,β-unsaturated/α-hetero) is 1. The highest BCUT2D eigenvalue weighted by Crippen LogP contribution is 1.99. The molecule has 0 aromatic carbocycles. The summed E-state index contributed by atoms with van der Waals surface area (Å²) in [5.41, 5.74) is 7.28. The van der Waals surface area contributed by atoms with Crippen molar-refractivity contribution in [2.75, 3.05) is 6.61 Å². The Morgan fingerprint density at radius 2 is 2.07 bits per heavy atom. The number of amides is 2. The van der Waals surface area contributed by atoms with Crippen LogP contribution >= 0.6 is 0 Å². The minimum atomic E-state index is -0.761. The van der Waals surface area contributed by atoms with Gasteiger partial charge in [-0.15, -0.1) is 0 Å². The Balaban J connectivity index is 4.59. The number of ether oxygens (including phenoxy) is 1. The molecule has 0 aliphatic rings. The van der Waals surface area contributed by atoms with E-state index in [2.05, 4.69) is 5.10 Å². The Bertz CT molecular complexity index is 308. The van der Waals surface area contributed by atoms with Crippen LogP contribution in [0.15, 0.2) is 16.9 Å². The molecule has 15 heavy (non-hydrogen) atoms. The van der Waals surface area contributed by atoms with Gasteiger partial charge in [-0.3, -0.25) is 4.79 Å². The van der Waals surface area contributed by atoms with Crippen LogP contribution in [0.4, 0.5) is 4.79 Å². The van der Waals surface area contributed by atoms with Gasteiger partial charge in [-0.2, -0.15) is 5.10 Å². The second-order valence-electron chi connectivity index (χ2n) is 2.73. The van der Waals surface area contributed by atoms with Crippen LogP contribution in [0.25, 0.3) is 0 Å². The van der Waals surface area contributed by atoms with Crippen LogP contribution in [0, 0.1) is 0 Å². The van der Waals surface area contributed by atoms with Gasteiger partial charge in [0.05, 0.1) is 12.3 Å². The molecule has 6 heteroatoms. The van der Waals surface area contributed by atoms with Crippen molar-refractivity contribution in [3.63, 3.8) is 0 Å². The first-order chi connectivity index (χ1) is 6.97. The normalized spacial score (nSPS) is 12.2. The molecule has 0 fully saturated rings. The SMILES string of the molecule is CCO/C(=C/C(C)=N\NC(N)=O)C(C)=O. The van der Waals surface area contributed by atoms with Crippen LogP contribution in [-0.4, -0.2) is 24.1 Å². The fraction of sp³-hybridized carbons (Fsp3) is 0.444. The van der Waals surface area contributed by atoms with E-state index in [-0.39, 0.29) is 11.5 Å². The summed E-state index contributed by atoms with van der Waals surface area (Å²) >= 11 is 0. The van der Waals surface area contributed by atoms with Crippen LogP contribution in [0.3, 0.4) is 0 Å². The van der Waals surface area contributed by atoms with Crippen molar-refractivity contribution >= 4 is 17.5 Å². The zero-order valence-corrected chi connectivity index (χ0v) is 9.03. The van der Waals surface area contributed by atoms with E-state index < -0.39 is 6.03 Å². The molecule has 0 saturated heterocycles. The Morgan fingerprint density at radius 3 is 2.47 bits per heavy atom. The number of rotatable bonds is 5. The van der Waals surface area contributed by atoms with Crippen molar-refractivity contribution in [2.45, 2.75) is 20.8 Å². The van der Waals surface area contributed by atoms with Gasteiger partial charge >= 0.3 is 6.03 Å². The van der Waals surface area contributed by atoms with E-state index in [1.807, 2.05) is 5.43 Å². The molecular formula is C9H15N3O3. The van der Waals surface area contributed by atoms with Gasteiger partial charge in [0, 0.05) is 13.0 Å². The van der Waals surface area contributed by atoms with E-state index in [0.717, 1.165) is 0 Å². The molecule has 6 nitrogen and oxygen atoms in total. The molecule has 0 spiro atoms. The summed E-state index contributed by atoms with van der Waals surface area (Å²) in [5, 5.41) is 3.61. The first-order valence-electron chi connectivity index (χ1n) is 4.42. The Hall–Kier alpha value is -1.85. The first kappa shape index (κ1) is 13.2. The molecular weight excluding hydrogens is 198 g/mol. The number of hydrogen-bond donors (Lipinski definition) is 2. The summed E-state index contributed by atoms with van der Waals surface area (Å²) in [7, 11) is 0. The number of carbonyl (C=O) groups excluding carboxylic acids is 2. The maximum atomic E-state index is 11.0. The highest BCUT2D eigenvalue weighted by Gasteiger charge is 2.04. The van der Waals surface area contributed by atoms with E-state index in [1.165, 1.54) is 13.0 Å². The Morgan fingerprint density at radius 1 is 1.47 bits per heavy atom. The summed E-state index contributed by atoms with van der Waals surface area (Å²) in [6.45, 7) is 5.15. The molecule has 0 bridgehead atoms. The Labute approximate surface area is 88.2 Å². The molecule has 0 rings (SSSR count). The largest absolute Gasteiger partial charge is 0.490 e. The average Bonchev–Trinajstić information content (AvgIpc) is 2.14. The van der Waals surface area contributed by atoms with E-state index >= 15 is 0 Å². The summed E-state index contributed by atoms with van der Waals surface area (Å²) in [4.78, 5) is 21.4. The molecule has 0 radical (unpaired) electrons. The van der Waals surface area contributed by atoms with Crippen LogP contribution in [0.1, 0.15) is 20.8 Å². The third-order valence-electron chi connectivity index (χ3n) is 1.33. The zero-order valence-electron chi connectivity index (χ0n) is 9.03. The van der Waals surface area contributed by atoms with Crippen molar-refractivity contribution in [3.8, 4) is 0 Å². The van der Waals surface area contributed by atoms with Gasteiger partial charge in [-0.05, 0) is 13.8 Å². The molecule has 2 amide bonds. The fourth-order valence-electron chi connectivity index (χ4n) is 0.766. The quantitative estimate of drug-likeness (QED) is 0.302. The van der Waals surface area contributed by atoms with Crippen molar-refractivity contribution in [1.82, 2.24) is 5.43 Å². The van der Waals surface area contributed by atoms with Crippen molar-refractivity contribution in [2.24, 2.45) is 10.8 Å². The predicted octanol–water partition coefficient (Wildman–Crippen LogP) is 0.540. The lowest BCUT2D eigenvalue weighted by atomic mass is 10.3. The topological polar surface area (TPSA) is 93.8 Å². The lowest BCUT2D eigenvalue weighted by molar-refractivity contribution is -0.116. The van der Waals surface area contributed by atoms with E-state index in [4.69, 9.17) is 10.5 Å². The number of primary amides is 1. The van der Waals surface area contributed by atoms with Gasteiger partial charge < -0.3 is 10.5 Å². The third-order valence-corrected chi connectivity index (χ3v) is 1.33. The summed E-state index contributed by atoms with van der Waals surface area (Å²) in [6, 6.07) is -0.761. The molecule has 0 aromatic heterocycles. The van der Waals surface area contributed by atoms with E-state index in [1.54, 1.807) is 13.8 Å². The second kappa shape index (κ2) is 6.58. The minimum absolute atomic E-state index is 0.199. The van der Waals surface area contributed by atoms with Crippen molar-refractivity contribution in [1.29, 1.82) is 0 Å². The molecule has 84 valence electrons. The average molecular weight is 213 g/mol. The van der Waals surface area contributed by atoms with Crippen LogP contribution in [0.5, 0.6) is 0 Å². The first-order valence-corrected chi connectivity index (χ1v) is 4.42. The zero-order chi connectivity index (χ0) is 11.8. The van der Waals surface area contributed by atoms with E-state index in [9.17, 15) is 9.59 Å². The standard InChI is InChI=1S/C9H15N3O3/c1-4-15-8(7(3)13)5-6(2)11-12-9(10)14/h5H,4H2,1-3H3,(H3,10,12,14)/b8-5+,11-6-. The fourth-order valence-corrected chi connectivity index (χ4v) is 0.766. The molecule has 0 aliphatic carbocycles. The van der Waals surface area contributed by atoms with Crippen LogP contribution in [-0.2, 0) is 9.53 Å². The van der Waals surface area contributed by atoms with E-state index in [0.29, 0.717) is 12.3 Å².